The van der Waals surface area contributed by atoms with Crippen molar-refractivity contribution in [1.29, 1.82) is 0 Å². The van der Waals surface area contributed by atoms with Crippen LogP contribution in [0.1, 0.15) is 46.5 Å². The zero-order valence-corrected chi connectivity index (χ0v) is 8.84. The first-order valence-electron chi connectivity index (χ1n) is 4.96. The van der Waals surface area contributed by atoms with Gasteiger partial charge in [0.25, 0.3) is 0 Å². The maximum absolute atomic E-state index is 10.7. The first kappa shape index (κ1) is 12.4. The number of rotatable bonds is 6. The topological polar surface area (TPSA) is 63.3 Å². The Morgan fingerprint density at radius 2 is 1.92 bits per heavy atom. The van der Waals surface area contributed by atoms with Crippen molar-refractivity contribution in [3.8, 4) is 0 Å². The molecule has 78 valence electrons. The standard InChI is InChI=1S/C10H21NO2/c1-4-8(5-2)6-7-10(3,11)9(12)13/h8H,4-7,11H2,1-3H3,(H,12,13)/t10-/m0/s1. The zero-order valence-electron chi connectivity index (χ0n) is 8.84. The first-order valence-corrected chi connectivity index (χ1v) is 4.96. The van der Waals surface area contributed by atoms with Crippen molar-refractivity contribution in [2.75, 3.05) is 0 Å². The van der Waals surface area contributed by atoms with Gasteiger partial charge in [0.2, 0.25) is 0 Å². The summed E-state index contributed by atoms with van der Waals surface area (Å²) >= 11 is 0. The number of carbonyl (C=O) groups is 1. The largest absolute Gasteiger partial charge is 0.480 e. The average Bonchev–Trinajstić information content (AvgIpc) is 2.06. The molecule has 0 aromatic carbocycles. The molecule has 0 aliphatic rings. The van der Waals surface area contributed by atoms with Gasteiger partial charge in [-0.15, -0.1) is 0 Å². The third kappa shape index (κ3) is 4.27. The summed E-state index contributed by atoms with van der Waals surface area (Å²) in [7, 11) is 0. The molecule has 0 saturated carbocycles. The molecule has 3 N–H and O–H groups in total. The van der Waals surface area contributed by atoms with Crippen LogP contribution in [0.5, 0.6) is 0 Å². The van der Waals surface area contributed by atoms with Crippen LogP contribution in [-0.2, 0) is 4.79 Å². The van der Waals surface area contributed by atoms with Gasteiger partial charge in [-0.1, -0.05) is 26.7 Å². The molecule has 0 saturated heterocycles. The van der Waals surface area contributed by atoms with Crippen molar-refractivity contribution >= 4 is 5.97 Å². The number of hydrogen-bond acceptors (Lipinski definition) is 2. The van der Waals surface area contributed by atoms with Crippen molar-refractivity contribution in [2.45, 2.75) is 52.0 Å². The van der Waals surface area contributed by atoms with Gasteiger partial charge in [0, 0.05) is 0 Å². The molecule has 0 aliphatic heterocycles. The summed E-state index contributed by atoms with van der Waals surface area (Å²) in [5.41, 5.74) is 4.56. The van der Waals surface area contributed by atoms with E-state index >= 15 is 0 Å². The van der Waals surface area contributed by atoms with E-state index in [0.717, 1.165) is 19.3 Å². The summed E-state index contributed by atoms with van der Waals surface area (Å²) in [5.74, 6) is -0.291. The Morgan fingerprint density at radius 1 is 1.46 bits per heavy atom. The fourth-order valence-corrected chi connectivity index (χ4v) is 1.31. The van der Waals surface area contributed by atoms with Crippen LogP contribution < -0.4 is 5.73 Å². The van der Waals surface area contributed by atoms with E-state index in [1.54, 1.807) is 6.92 Å². The van der Waals surface area contributed by atoms with E-state index < -0.39 is 11.5 Å². The van der Waals surface area contributed by atoms with Gasteiger partial charge in [-0.2, -0.15) is 0 Å². The molecule has 3 nitrogen and oxygen atoms in total. The molecule has 1 atom stereocenters. The summed E-state index contributed by atoms with van der Waals surface area (Å²) < 4.78 is 0. The van der Waals surface area contributed by atoms with E-state index in [1.807, 2.05) is 0 Å². The lowest BCUT2D eigenvalue weighted by molar-refractivity contribution is -0.143. The zero-order chi connectivity index (χ0) is 10.5. The van der Waals surface area contributed by atoms with Gasteiger partial charge in [-0.05, 0) is 25.7 Å². The van der Waals surface area contributed by atoms with Crippen LogP contribution in [0.4, 0.5) is 0 Å². The van der Waals surface area contributed by atoms with Crippen LogP contribution in [0.3, 0.4) is 0 Å². The van der Waals surface area contributed by atoms with Crippen LogP contribution >= 0.6 is 0 Å². The minimum Gasteiger partial charge on any atom is -0.480 e. The van der Waals surface area contributed by atoms with Crippen LogP contribution in [0.15, 0.2) is 0 Å². The molecule has 0 amide bonds. The lowest BCUT2D eigenvalue weighted by atomic mass is 9.89. The Labute approximate surface area is 80.3 Å². The van der Waals surface area contributed by atoms with Crippen molar-refractivity contribution < 1.29 is 9.90 Å². The van der Waals surface area contributed by atoms with Crippen LogP contribution in [-0.4, -0.2) is 16.6 Å². The summed E-state index contributed by atoms with van der Waals surface area (Å²) in [6.07, 6.45) is 3.68. The lowest BCUT2D eigenvalue weighted by Gasteiger charge is -2.21. The van der Waals surface area contributed by atoms with Crippen molar-refractivity contribution in [3.05, 3.63) is 0 Å². The second-order valence-corrected chi connectivity index (χ2v) is 3.94. The molecule has 0 unspecified atom stereocenters. The number of carboxylic acid groups (broad SMARTS) is 1. The molecule has 0 radical (unpaired) electrons. The van der Waals surface area contributed by atoms with E-state index in [2.05, 4.69) is 13.8 Å². The summed E-state index contributed by atoms with van der Waals surface area (Å²) in [5, 5.41) is 8.77. The molecule has 0 heterocycles. The van der Waals surface area contributed by atoms with Gasteiger partial charge in [0.15, 0.2) is 0 Å². The molecule has 0 aromatic heterocycles. The number of nitrogens with two attached hydrogens (primary N) is 1. The van der Waals surface area contributed by atoms with E-state index in [0.29, 0.717) is 12.3 Å². The SMILES string of the molecule is CCC(CC)CC[C@](C)(N)C(=O)O. The van der Waals surface area contributed by atoms with Gasteiger partial charge >= 0.3 is 5.97 Å². The normalized spacial score (nSPS) is 15.8. The summed E-state index contributed by atoms with van der Waals surface area (Å²) in [6, 6.07) is 0. The minimum atomic E-state index is -1.05. The smallest absolute Gasteiger partial charge is 0.323 e. The Kier molecular flexibility index (Phi) is 4.99. The van der Waals surface area contributed by atoms with Gasteiger partial charge in [0.05, 0.1) is 0 Å². The van der Waals surface area contributed by atoms with Gasteiger partial charge < -0.3 is 10.8 Å². The predicted octanol–water partition coefficient (Wildman–Crippen LogP) is 2.00. The van der Waals surface area contributed by atoms with Crippen molar-refractivity contribution in [2.24, 2.45) is 11.7 Å². The molecule has 0 fully saturated rings. The second-order valence-electron chi connectivity index (χ2n) is 3.94. The van der Waals surface area contributed by atoms with Crippen LogP contribution in [0.2, 0.25) is 0 Å². The summed E-state index contributed by atoms with van der Waals surface area (Å²) in [4.78, 5) is 10.7. The first-order chi connectivity index (χ1) is 5.94. The number of aliphatic carboxylic acids is 1. The van der Waals surface area contributed by atoms with Gasteiger partial charge in [-0.25, -0.2) is 0 Å². The van der Waals surface area contributed by atoms with Gasteiger partial charge in [0.1, 0.15) is 5.54 Å². The number of hydrogen-bond donors (Lipinski definition) is 2. The average molecular weight is 187 g/mol. The molecular weight excluding hydrogens is 166 g/mol. The van der Waals surface area contributed by atoms with Gasteiger partial charge in [-0.3, -0.25) is 4.79 Å². The highest BCUT2D eigenvalue weighted by Crippen LogP contribution is 2.19. The van der Waals surface area contributed by atoms with E-state index in [4.69, 9.17) is 10.8 Å². The highest BCUT2D eigenvalue weighted by Gasteiger charge is 2.27. The maximum Gasteiger partial charge on any atom is 0.323 e. The Morgan fingerprint density at radius 3 is 2.23 bits per heavy atom. The highest BCUT2D eigenvalue weighted by molar-refractivity contribution is 5.77. The van der Waals surface area contributed by atoms with E-state index in [1.165, 1.54) is 0 Å². The Bertz CT molecular complexity index is 162. The Hall–Kier alpha value is -0.570. The fourth-order valence-electron chi connectivity index (χ4n) is 1.31. The van der Waals surface area contributed by atoms with E-state index in [-0.39, 0.29) is 0 Å². The highest BCUT2D eigenvalue weighted by atomic mass is 16.4. The molecule has 0 rings (SSSR count). The fraction of sp³-hybridized carbons (Fsp3) is 0.900. The third-order valence-electron chi connectivity index (χ3n) is 2.72. The van der Waals surface area contributed by atoms with E-state index in [9.17, 15) is 4.79 Å². The third-order valence-corrected chi connectivity index (χ3v) is 2.72. The maximum atomic E-state index is 10.7. The second kappa shape index (κ2) is 5.22. The predicted molar refractivity (Wildman–Crippen MR) is 53.5 cm³/mol. The molecule has 3 heteroatoms. The Balaban J connectivity index is 3.92. The molecule has 0 aliphatic carbocycles. The van der Waals surface area contributed by atoms with Crippen molar-refractivity contribution in [3.63, 3.8) is 0 Å². The van der Waals surface area contributed by atoms with Crippen LogP contribution in [0, 0.1) is 5.92 Å². The molecular formula is C10H21NO2. The number of carboxylic acids is 1. The van der Waals surface area contributed by atoms with Crippen molar-refractivity contribution in [1.82, 2.24) is 0 Å². The quantitative estimate of drug-likeness (QED) is 0.668. The lowest BCUT2D eigenvalue weighted by Crippen LogP contribution is -2.45. The molecule has 13 heavy (non-hydrogen) atoms. The summed E-state index contributed by atoms with van der Waals surface area (Å²) in [6.45, 7) is 5.84. The monoisotopic (exact) mass is 187 g/mol. The molecule has 0 aromatic rings. The minimum absolute atomic E-state index is 0.564. The van der Waals surface area contributed by atoms with Crippen LogP contribution in [0.25, 0.3) is 0 Å². The molecule has 0 bridgehead atoms. The molecule has 0 spiro atoms.